The summed E-state index contributed by atoms with van der Waals surface area (Å²) >= 11 is 0. The second-order valence-corrected chi connectivity index (χ2v) is 3.98. The van der Waals surface area contributed by atoms with Crippen molar-refractivity contribution in [2.24, 2.45) is 0 Å². The number of nitriles is 1. The molecule has 0 saturated heterocycles. The Labute approximate surface area is 100 Å². The molecule has 2 rings (SSSR count). The third kappa shape index (κ3) is 2.18. The van der Waals surface area contributed by atoms with Crippen LogP contribution >= 0.6 is 0 Å². The van der Waals surface area contributed by atoms with Gasteiger partial charge in [0.15, 0.2) is 5.69 Å². The van der Waals surface area contributed by atoms with Crippen molar-refractivity contribution in [3.63, 3.8) is 0 Å². The molecule has 0 saturated carbocycles. The highest BCUT2D eigenvalue weighted by Crippen LogP contribution is 2.24. The third-order valence-electron chi connectivity index (χ3n) is 2.57. The van der Waals surface area contributed by atoms with Gasteiger partial charge in [0, 0.05) is 11.9 Å². The number of nitrogens with one attached hydrogen (secondary N) is 1. The van der Waals surface area contributed by atoms with E-state index in [1.165, 1.54) is 0 Å². The van der Waals surface area contributed by atoms with Gasteiger partial charge in [0.25, 0.3) is 0 Å². The van der Waals surface area contributed by atoms with E-state index in [0.717, 1.165) is 35.1 Å². The lowest BCUT2D eigenvalue weighted by Crippen LogP contribution is -2.05. The molecule has 1 heterocycles. The van der Waals surface area contributed by atoms with Gasteiger partial charge in [-0.2, -0.15) is 5.26 Å². The van der Waals surface area contributed by atoms with Crippen molar-refractivity contribution in [2.45, 2.75) is 20.3 Å². The number of nitrogens with zero attached hydrogens (tertiary/aromatic N) is 3. The molecule has 1 N–H and O–H groups in total. The molecule has 0 amide bonds. The zero-order chi connectivity index (χ0) is 12.3. The SMILES string of the molecule is CCCNc1c(C#N)nnc2ccc(C)cc12. The molecule has 0 aliphatic rings. The number of fused-ring (bicyclic) bond motifs is 1. The van der Waals surface area contributed by atoms with Gasteiger partial charge in [0.2, 0.25) is 0 Å². The molecule has 1 aromatic heterocycles. The monoisotopic (exact) mass is 226 g/mol. The van der Waals surface area contributed by atoms with Crippen molar-refractivity contribution >= 4 is 16.6 Å². The van der Waals surface area contributed by atoms with E-state index in [0.29, 0.717) is 5.69 Å². The van der Waals surface area contributed by atoms with Crippen molar-refractivity contribution in [3.05, 3.63) is 29.5 Å². The minimum absolute atomic E-state index is 0.358. The third-order valence-corrected chi connectivity index (χ3v) is 2.57. The summed E-state index contributed by atoms with van der Waals surface area (Å²) in [4.78, 5) is 0. The molecule has 2 aromatic rings. The van der Waals surface area contributed by atoms with Crippen molar-refractivity contribution < 1.29 is 0 Å². The molecule has 0 fully saturated rings. The summed E-state index contributed by atoms with van der Waals surface area (Å²) in [6, 6.07) is 8.03. The van der Waals surface area contributed by atoms with Crippen LogP contribution in [0, 0.1) is 18.3 Å². The second kappa shape index (κ2) is 4.79. The number of aryl methyl sites for hydroxylation is 1. The first-order valence-electron chi connectivity index (χ1n) is 5.67. The molecule has 0 aliphatic heterocycles. The maximum absolute atomic E-state index is 9.05. The van der Waals surface area contributed by atoms with Gasteiger partial charge in [-0.15, -0.1) is 10.2 Å². The Hall–Kier alpha value is -2.15. The predicted molar refractivity (Wildman–Crippen MR) is 67.8 cm³/mol. The fourth-order valence-electron chi connectivity index (χ4n) is 1.73. The van der Waals surface area contributed by atoms with Crippen molar-refractivity contribution in [1.82, 2.24) is 10.2 Å². The number of hydrogen-bond acceptors (Lipinski definition) is 4. The number of anilines is 1. The van der Waals surface area contributed by atoms with E-state index in [1.807, 2.05) is 25.1 Å². The van der Waals surface area contributed by atoms with Crippen LogP contribution in [-0.4, -0.2) is 16.7 Å². The Morgan fingerprint density at radius 1 is 1.35 bits per heavy atom. The Morgan fingerprint density at radius 2 is 2.18 bits per heavy atom. The van der Waals surface area contributed by atoms with Crippen LogP contribution in [0.15, 0.2) is 18.2 Å². The Kier molecular flexibility index (Phi) is 3.20. The molecule has 0 spiro atoms. The number of benzene rings is 1. The number of rotatable bonds is 3. The highest BCUT2D eigenvalue weighted by atomic mass is 15.1. The summed E-state index contributed by atoms with van der Waals surface area (Å²) < 4.78 is 0. The molecule has 1 aromatic carbocycles. The quantitative estimate of drug-likeness (QED) is 0.873. The number of hydrogen-bond donors (Lipinski definition) is 1. The summed E-state index contributed by atoms with van der Waals surface area (Å²) in [6.45, 7) is 4.93. The van der Waals surface area contributed by atoms with E-state index in [4.69, 9.17) is 5.26 Å². The molecular formula is C13H14N4. The summed E-state index contributed by atoms with van der Waals surface area (Å²) in [7, 11) is 0. The summed E-state index contributed by atoms with van der Waals surface area (Å²) in [5, 5.41) is 21.3. The summed E-state index contributed by atoms with van der Waals surface area (Å²) in [5.41, 5.74) is 3.11. The molecule has 4 heteroatoms. The fraction of sp³-hybridized carbons (Fsp3) is 0.308. The van der Waals surface area contributed by atoms with Gasteiger partial charge in [0.1, 0.15) is 6.07 Å². The molecule has 17 heavy (non-hydrogen) atoms. The highest BCUT2D eigenvalue weighted by Gasteiger charge is 2.09. The zero-order valence-electron chi connectivity index (χ0n) is 9.99. The largest absolute Gasteiger partial charge is 0.382 e. The minimum Gasteiger partial charge on any atom is -0.382 e. The van der Waals surface area contributed by atoms with Crippen LogP contribution in [0.5, 0.6) is 0 Å². The van der Waals surface area contributed by atoms with E-state index < -0.39 is 0 Å². The van der Waals surface area contributed by atoms with Crippen LogP contribution in [0.1, 0.15) is 24.6 Å². The van der Waals surface area contributed by atoms with Crippen LogP contribution in [0.3, 0.4) is 0 Å². The van der Waals surface area contributed by atoms with Gasteiger partial charge >= 0.3 is 0 Å². The average molecular weight is 226 g/mol. The topological polar surface area (TPSA) is 61.6 Å². The van der Waals surface area contributed by atoms with Crippen molar-refractivity contribution in [1.29, 1.82) is 5.26 Å². The molecule has 0 unspecified atom stereocenters. The van der Waals surface area contributed by atoms with Gasteiger partial charge in [-0.1, -0.05) is 18.6 Å². The lowest BCUT2D eigenvalue weighted by Gasteiger charge is -2.09. The van der Waals surface area contributed by atoms with Crippen LogP contribution in [0.4, 0.5) is 5.69 Å². The maximum Gasteiger partial charge on any atom is 0.186 e. The van der Waals surface area contributed by atoms with Gasteiger partial charge in [-0.05, 0) is 25.5 Å². The lowest BCUT2D eigenvalue weighted by molar-refractivity contribution is 0.969. The van der Waals surface area contributed by atoms with Crippen molar-refractivity contribution in [2.75, 3.05) is 11.9 Å². The number of aromatic nitrogens is 2. The first-order valence-corrected chi connectivity index (χ1v) is 5.67. The van der Waals surface area contributed by atoms with E-state index in [2.05, 4.69) is 28.5 Å². The van der Waals surface area contributed by atoms with E-state index in [1.54, 1.807) is 0 Å². The molecule has 0 aliphatic carbocycles. The van der Waals surface area contributed by atoms with Gasteiger partial charge in [-0.3, -0.25) is 0 Å². The molecule has 86 valence electrons. The minimum atomic E-state index is 0.358. The maximum atomic E-state index is 9.05. The normalized spacial score (nSPS) is 10.2. The highest BCUT2D eigenvalue weighted by molar-refractivity contribution is 5.93. The standard InChI is InChI=1S/C13H14N4/c1-3-6-15-13-10-7-9(2)4-5-11(10)16-17-12(13)8-14/h4-5,7H,3,6H2,1-2H3,(H,15,16). The molecule has 4 nitrogen and oxygen atoms in total. The average Bonchev–Trinajstić information content (AvgIpc) is 2.35. The Morgan fingerprint density at radius 3 is 2.88 bits per heavy atom. The van der Waals surface area contributed by atoms with E-state index >= 15 is 0 Å². The zero-order valence-corrected chi connectivity index (χ0v) is 9.99. The predicted octanol–water partition coefficient (Wildman–Crippen LogP) is 2.63. The Balaban J connectivity index is 2.64. The first kappa shape index (κ1) is 11.3. The first-order chi connectivity index (χ1) is 8.26. The van der Waals surface area contributed by atoms with Crippen LogP contribution in [0.2, 0.25) is 0 Å². The smallest absolute Gasteiger partial charge is 0.186 e. The van der Waals surface area contributed by atoms with Gasteiger partial charge < -0.3 is 5.32 Å². The van der Waals surface area contributed by atoms with Gasteiger partial charge in [0.05, 0.1) is 11.2 Å². The van der Waals surface area contributed by atoms with E-state index in [-0.39, 0.29) is 0 Å². The van der Waals surface area contributed by atoms with E-state index in [9.17, 15) is 0 Å². The van der Waals surface area contributed by atoms with Crippen molar-refractivity contribution in [3.8, 4) is 6.07 Å². The van der Waals surface area contributed by atoms with Crippen LogP contribution < -0.4 is 5.32 Å². The molecule has 0 bridgehead atoms. The summed E-state index contributed by atoms with van der Waals surface area (Å²) in [6.07, 6.45) is 1.00. The fourth-order valence-corrected chi connectivity index (χ4v) is 1.73. The lowest BCUT2D eigenvalue weighted by atomic mass is 10.1. The second-order valence-electron chi connectivity index (χ2n) is 3.98. The summed E-state index contributed by atoms with van der Waals surface area (Å²) in [5.74, 6) is 0. The molecular weight excluding hydrogens is 212 g/mol. The molecule has 0 radical (unpaired) electrons. The molecule has 0 atom stereocenters. The van der Waals surface area contributed by atoms with Crippen LogP contribution in [-0.2, 0) is 0 Å². The van der Waals surface area contributed by atoms with Gasteiger partial charge in [-0.25, -0.2) is 0 Å². The van der Waals surface area contributed by atoms with Crippen LogP contribution in [0.25, 0.3) is 10.9 Å². The Bertz CT molecular complexity index is 584.